The molecule has 1 saturated heterocycles. The lowest BCUT2D eigenvalue weighted by molar-refractivity contribution is -0.164. The lowest BCUT2D eigenvalue weighted by Gasteiger charge is -2.63. The van der Waals surface area contributed by atoms with Crippen LogP contribution in [0.1, 0.15) is 72.6 Å². The van der Waals surface area contributed by atoms with E-state index in [2.05, 4.69) is 25.7 Å². The third-order valence-electron chi connectivity index (χ3n) is 8.99. The number of amides is 1. The lowest BCUT2D eigenvalue weighted by Crippen LogP contribution is -2.62. The normalized spacial score (nSPS) is 50.8. The number of hydrogen-bond donors (Lipinski definition) is 0. The van der Waals surface area contributed by atoms with E-state index in [0.29, 0.717) is 28.5 Å². The van der Waals surface area contributed by atoms with Crippen LogP contribution in [0.15, 0.2) is 0 Å². The van der Waals surface area contributed by atoms with Crippen molar-refractivity contribution in [2.24, 2.45) is 34.5 Å². The summed E-state index contributed by atoms with van der Waals surface area (Å²) in [6, 6.07) is 0.424. The number of carbonyl (C=O) groups is 2. The lowest BCUT2D eigenvalue weighted by atomic mass is 9.45. The summed E-state index contributed by atoms with van der Waals surface area (Å²) in [6.45, 7) is 9.17. The number of likely N-dealkylation sites (tertiary alicyclic amines) is 1. The fraction of sp³-hybridized carbons (Fsp3) is 0.909. The fourth-order valence-corrected chi connectivity index (χ4v) is 9.02. The second-order valence-corrected chi connectivity index (χ2v) is 11.9. The van der Waals surface area contributed by atoms with Crippen molar-refractivity contribution in [2.75, 3.05) is 7.05 Å². The van der Waals surface area contributed by atoms with E-state index in [1.807, 2.05) is 7.05 Å². The monoisotopic (exact) mass is 377 g/mol. The maximum Gasteiger partial charge on any atom is 0.222 e. The number of thioether (sulfide) groups is 1. The molecule has 8 atom stereocenters. The van der Waals surface area contributed by atoms with E-state index in [1.165, 1.54) is 25.7 Å². The SMILES string of the molecule is CC(=O)SC1C[C@H]2[C@@H]3C(C)CC4N(C)C(=O)CC[C@]4(C)[C@@H]3CC[C@]2(C)C1. The molecule has 146 valence electrons. The first-order valence-corrected chi connectivity index (χ1v) is 11.5. The molecular weight excluding hydrogens is 342 g/mol. The molecule has 4 heteroatoms. The zero-order valence-electron chi connectivity index (χ0n) is 17.1. The highest BCUT2D eigenvalue weighted by Crippen LogP contribution is 2.66. The van der Waals surface area contributed by atoms with Gasteiger partial charge in [0.15, 0.2) is 5.12 Å². The van der Waals surface area contributed by atoms with Gasteiger partial charge < -0.3 is 4.90 Å². The number of fused-ring (bicyclic) bond motifs is 5. The van der Waals surface area contributed by atoms with Crippen molar-refractivity contribution >= 4 is 22.8 Å². The standard InChI is InChI=1S/C22H35NO2S/c1-13-10-18-22(4,9-7-19(25)23(18)5)16-6-8-21(3)12-15(26-14(2)24)11-17(21)20(13)16/h13,15-18,20H,6-12H2,1-5H3/t13?,15?,16-,17+,18?,20-,21-,22-/m1/s1. The Kier molecular flexibility index (Phi) is 4.53. The molecule has 0 spiro atoms. The Morgan fingerprint density at radius 2 is 1.92 bits per heavy atom. The Morgan fingerprint density at radius 3 is 2.62 bits per heavy atom. The minimum atomic E-state index is 0.282. The number of rotatable bonds is 1. The van der Waals surface area contributed by atoms with Gasteiger partial charge >= 0.3 is 0 Å². The van der Waals surface area contributed by atoms with E-state index >= 15 is 0 Å². The van der Waals surface area contributed by atoms with Gasteiger partial charge in [-0.05, 0) is 73.0 Å². The molecule has 3 unspecified atom stereocenters. The molecule has 0 aromatic carbocycles. The number of piperidine rings is 1. The summed E-state index contributed by atoms with van der Waals surface area (Å²) in [7, 11) is 2.04. The Balaban J connectivity index is 1.64. The van der Waals surface area contributed by atoms with Crippen LogP contribution in [0.5, 0.6) is 0 Å². The molecule has 0 N–H and O–H groups in total. The predicted molar refractivity (Wildman–Crippen MR) is 107 cm³/mol. The van der Waals surface area contributed by atoms with Crippen LogP contribution in [0.25, 0.3) is 0 Å². The minimum Gasteiger partial charge on any atom is -0.342 e. The largest absolute Gasteiger partial charge is 0.342 e. The summed E-state index contributed by atoms with van der Waals surface area (Å²) >= 11 is 1.60. The highest BCUT2D eigenvalue weighted by atomic mass is 32.2. The van der Waals surface area contributed by atoms with E-state index in [0.717, 1.165) is 37.0 Å². The first-order chi connectivity index (χ1) is 12.2. The Bertz CT molecular complexity index is 621. The van der Waals surface area contributed by atoms with Crippen LogP contribution in [0, 0.1) is 34.5 Å². The van der Waals surface area contributed by atoms with Crippen molar-refractivity contribution in [3.8, 4) is 0 Å². The second-order valence-electron chi connectivity index (χ2n) is 10.4. The summed E-state index contributed by atoms with van der Waals surface area (Å²) in [6.07, 6.45) is 8.03. The molecule has 3 saturated carbocycles. The molecule has 3 nitrogen and oxygen atoms in total. The van der Waals surface area contributed by atoms with Crippen molar-refractivity contribution in [3.05, 3.63) is 0 Å². The van der Waals surface area contributed by atoms with Gasteiger partial charge in [0.05, 0.1) is 0 Å². The highest BCUT2D eigenvalue weighted by Gasteiger charge is 2.62. The van der Waals surface area contributed by atoms with E-state index in [-0.39, 0.29) is 10.5 Å². The number of carbonyl (C=O) groups excluding carboxylic acids is 2. The van der Waals surface area contributed by atoms with Gasteiger partial charge in [-0.15, -0.1) is 0 Å². The van der Waals surface area contributed by atoms with Gasteiger partial charge in [0.2, 0.25) is 5.91 Å². The first kappa shape index (κ1) is 18.8. The zero-order valence-corrected chi connectivity index (χ0v) is 17.9. The van der Waals surface area contributed by atoms with Crippen LogP contribution in [0.3, 0.4) is 0 Å². The molecule has 4 fully saturated rings. The summed E-state index contributed by atoms with van der Waals surface area (Å²) in [5.74, 6) is 3.30. The third kappa shape index (κ3) is 2.69. The van der Waals surface area contributed by atoms with Crippen molar-refractivity contribution in [2.45, 2.75) is 83.9 Å². The zero-order chi connectivity index (χ0) is 18.9. The topological polar surface area (TPSA) is 37.4 Å². The van der Waals surface area contributed by atoms with Gasteiger partial charge in [0, 0.05) is 31.7 Å². The second kappa shape index (κ2) is 6.25. The van der Waals surface area contributed by atoms with E-state index in [9.17, 15) is 9.59 Å². The highest BCUT2D eigenvalue weighted by molar-refractivity contribution is 8.14. The van der Waals surface area contributed by atoms with Crippen molar-refractivity contribution < 1.29 is 9.59 Å². The van der Waals surface area contributed by atoms with Gasteiger partial charge in [-0.2, -0.15) is 0 Å². The summed E-state index contributed by atoms with van der Waals surface area (Å²) in [5.41, 5.74) is 0.703. The van der Waals surface area contributed by atoms with Gasteiger partial charge in [-0.25, -0.2) is 0 Å². The van der Waals surface area contributed by atoms with Crippen LogP contribution < -0.4 is 0 Å². The molecule has 26 heavy (non-hydrogen) atoms. The maximum absolute atomic E-state index is 12.3. The molecule has 1 heterocycles. The molecule has 1 amide bonds. The predicted octanol–water partition coefficient (Wildman–Crippen LogP) is 4.74. The maximum atomic E-state index is 12.3. The Labute approximate surface area is 163 Å². The van der Waals surface area contributed by atoms with Gasteiger partial charge in [0.1, 0.15) is 0 Å². The van der Waals surface area contributed by atoms with Crippen LogP contribution >= 0.6 is 11.8 Å². The summed E-state index contributed by atoms with van der Waals surface area (Å²) in [5, 5.41) is 0.805. The van der Waals surface area contributed by atoms with Gasteiger partial charge in [0.25, 0.3) is 0 Å². The molecule has 0 bridgehead atoms. The van der Waals surface area contributed by atoms with Crippen LogP contribution in [-0.2, 0) is 9.59 Å². The Hall–Kier alpha value is -0.510. The van der Waals surface area contributed by atoms with E-state index in [1.54, 1.807) is 18.7 Å². The van der Waals surface area contributed by atoms with Gasteiger partial charge in [-0.3, -0.25) is 9.59 Å². The summed E-state index contributed by atoms with van der Waals surface area (Å²) in [4.78, 5) is 26.1. The summed E-state index contributed by atoms with van der Waals surface area (Å²) < 4.78 is 0. The van der Waals surface area contributed by atoms with E-state index in [4.69, 9.17) is 0 Å². The molecule has 0 radical (unpaired) electrons. The molecule has 0 aromatic heterocycles. The average molecular weight is 378 g/mol. The van der Waals surface area contributed by atoms with Crippen LogP contribution in [0.2, 0.25) is 0 Å². The van der Waals surface area contributed by atoms with Crippen LogP contribution in [0.4, 0.5) is 0 Å². The molecule has 1 aliphatic heterocycles. The fourth-order valence-electron chi connectivity index (χ4n) is 7.78. The Morgan fingerprint density at radius 1 is 1.19 bits per heavy atom. The first-order valence-electron chi connectivity index (χ1n) is 10.6. The average Bonchev–Trinajstić information content (AvgIpc) is 2.88. The molecule has 0 aromatic rings. The smallest absolute Gasteiger partial charge is 0.222 e. The number of hydrogen-bond acceptors (Lipinski definition) is 3. The van der Waals surface area contributed by atoms with E-state index < -0.39 is 0 Å². The third-order valence-corrected chi connectivity index (χ3v) is 10.0. The molecule has 4 rings (SSSR count). The molecular formula is C22H35NO2S. The molecule has 3 aliphatic carbocycles. The van der Waals surface area contributed by atoms with Crippen LogP contribution in [-0.4, -0.2) is 34.3 Å². The van der Waals surface area contributed by atoms with Crippen molar-refractivity contribution in [1.29, 1.82) is 0 Å². The van der Waals surface area contributed by atoms with Gasteiger partial charge in [-0.1, -0.05) is 32.5 Å². The van der Waals surface area contributed by atoms with Crippen molar-refractivity contribution in [1.82, 2.24) is 4.90 Å². The van der Waals surface area contributed by atoms with Crippen molar-refractivity contribution in [3.63, 3.8) is 0 Å². The quantitative estimate of drug-likeness (QED) is 0.662. The number of nitrogens with zero attached hydrogens (tertiary/aromatic N) is 1. The molecule has 4 aliphatic rings. The minimum absolute atomic E-state index is 0.282.